The number of unbranched alkanes of at least 4 members (excludes halogenated alkanes) is 2. The number of aliphatic hydroxyl groups is 2. The van der Waals surface area contributed by atoms with Crippen molar-refractivity contribution in [3.8, 4) is 0 Å². The Morgan fingerprint density at radius 3 is 1.71 bits per heavy atom. The van der Waals surface area contributed by atoms with E-state index in [2.05, 4.69) is 0 Å². The van der Waals surface area contributed by atoms with Gasteiger partial charge >= 0.3 is 23.9 Å². The molecule has 0 radical (unpaired) electrons. The Kier molecular flexibility index (Phi) is 13.7. The molecule has 1 heterocycles. The molecule has 14 heteroatoms. The Morgan fingerprint density at radius 2 is 1.26 bits per heavy atom. The highest BCUT2D eigenvalue weighted by atomic mass is 16.7. The molecule has 0 unspecified atom stereocenters. The third-order valence-corrected chi connectivity index (χ3v) is 5.58. The lowest BCUT2D eigenvalue weighted by Crippen LogP contribution is -2.60. The van der Waals surface area contributed by atoms with Crippen molar-refractivity contribution in [1.82, 2.24) is 0 Å². The third kappa shape index (κ3) is 10.0. The summed E-state index contributed by atoms with van der Waals surface area (Å²) >= 11 is 0. The Labute approximate surface area is 201 Å². The largest absolute Gasteiger partial charge is 0.481 e. The van der Waals surface area contributed by atoms with E-state index < -0.39 is 66.4 Å². The number of aliphatic hydroxyl groups excluding tert-OH is 2. The van der Waals surface area contributed by atoms with E-state index in [0.29, 0.717) is 19.3 Å². The number of carboxylic acid groups (broad SMARTS) is 4. The van der Waals surface area contributed by atoms with Gasteiger partial charge in [-0.2, -0.15) is 0 Å². The molecule has 14 nitrogen and oxygen atoms in total. The van der Waals surface area contributed by atoms with Gasteiger partial charge in [-0.3, -0.25) is 19.2 Å². The Morgan fingerprint density at radius 1 is 0.771 bits per heavy atom. The van der Waals surface area contributed by atoms with Crippen LogP contribution in [0.3, 0.4) is 0 Å². The number of aliphatic carboxylic acids is 4. The molecule has 0 aromatic carbocycles. The number of methoxy groups -OCH3 is 1. The maximum absolute atomic E-state index is 10.9. The van der Waals surface area contributed by atoms with Gasteiger partial charge in [0.05, 0.1) is 6.61 Å². The number of hydrogen-bond acceptors (Lipinski definition) is 10. The second-order valence-corrected chi connectivity index (χ2v) is 8.12. The van der Waals surface area contributed by atoms with Gasteiger partial charge < -0.3 is 49.6 Å². The summed E-state index contributed by atoms with van der Waals surface area (Å²) < 4.78 is 21.8. The standard InChI is InChI=1S/C21H34O14/c1-32-21-16(34-9-5-3-7-12(19(28)29)20(30)31)15(23)14(22)13(35-21)10-33-8-4-2-6-11(17(24)25)18(26)27/h11-16,21-23H,2-10H2,1H3,(H,24,25)(H,26,27)(H,28,29)(H,30,31)/t13-,14-,15+,16-,21+/m1/s1. The third-order valence-electron chi connectivity index (χ3n) is 5.58. The van der Waals surface area contributed by atoms with E-state index in [1.807, 2.05) is 0 Å². The van der Waals surface area contributed by atoms with Crippen LogP contribution in [0, 0.1) is 11.8 Å². The molecular weight excluding hydrogens is 476 g/mol. The van der Waals surface area contributed by atoms with Gasteiger partial charge in [-0.15, -0.1) is 0 Å². The minimum Gasteiger partial charge on any atom is -0.481 e. The predicted octanol–water partition coefficient (Wildman–Crippen LogP) is -0.607. The minimum absolute atomic E-state index is 0.0402. The Hall–Kier alpha value is -2.36. The lowest BCUT2D eigenvalue weighted by atomic mass is 9.99. The smallest absolute Gasteiger partial charge is 0.317 e. The van der Waals surface area contributed by atoms with Crippen LogP contribution in [0.15, 0.2) is 0 Å². The summed E-state index contributed by atoms with van der Waals surface area (Å²) in [6.45, 7) is 0.0796. The van der Waals surface area contributed by atoms with Gasteiger partial charge in [0.2, 0.25) is 0 Å². The first-order chi connectivity index (χ1) is 16.5. The van der Waals surface area contributed by atoms with Crippen LogP contribution in [0.25, 0.3) is 0 Å². The molecule has 0 bridgehead atoms. The molecule has 5 atom stereocenters. The fraction of sp³-hybridized carbons (Fsp3) is 0.810. The summed E-state index contributed by atoms with van der Waals surface area (Å²) in [5, 5.41) is 56.2. The monoisotopic (exact) mass is 510 g/mol. The van der Waals surface area contributed by atoms with Crippen molar-refractivity contribution >= 4 is 23.9 Å². The zero-order valence-electron chi connectivity index (χ0n) is 19.4. The zero-order valence-corrected chi connectivity index (χ0v) is 19.4. The van der Waals surface area contributed by atoms with E-state index in [9.17, 15) is 29.4 Å². The molecule has 1 rings (SSSR count). The molecular formula is C21H34O14. The molecule has 0 aromatic heterocycles. The molecule has 1 aliphatic rings. The lowest BCUT2D eigenvalue weighted by molar-refractivity contribution is -0.305. The average Bonchev–Trinajstić information content (AvgIpc) is 2.77. The van der Waals surface area contributed by atoms with Crippen molar-refractivity contribution in [2.45, 2.75) is 69.2 Å². The van der Waals surface area contributed by atoms with Crippen LogP contribution in [0.2, 0.25) is 0 Å². The Bertz CT molecular complexity index is 666. The molecule has 0 spiro atoms. The van der Waals surface area contributed by atoms with Gasteiger partial charge in [-0.25, -0.2) is 0 Å². The quantitative estimate of drug-likeness (QED) is 0.0999. The van der Waals surface area contributed by atoms with Gasteiger partial charge in [0.1, 0.15) is 24.4 Å². The maximum Gasteiger partial charge on any atom is 0.317 e. The topological polar surface area (TPSA) is 227 Å². The summed E-state index contributed by atoms with van der Waals surface area (Å²) in [5.41, 5.74) is 0. The van der Waals surface area contributed by atoms with Crippen LogP contribution in [0.1, 0.15) is 38.5 Å². The van der Waals surface area contributed by atoms with Gasteiger partial charge in [0.25, 0.3) is 0 Å². The van der Waals surface area contributed by atoms with Crippen LogP contribution < -0.4 is 0 Å². The highest BCUT2D eigenvalue weighted by Crippen LogP contribution is 2.25. The van der Waals surface area contributed by atoms with Gasteiger partial charge in [0.15, 0.2) is 18.1 Å². The maximum atomic E-state index is 10.9. The first kappa shape index (κ1) is 30.7. The molecule has 0 aromatic rings. The van der Waals surface area contributed by atoms with E-state index in [1.54, 1.807) is 0 Å². The molecule has 1 fully saturated rings. The molecule has 202 valence electrons. The molecule has 6 N–H and O–H groups in total. The molecule has 1 saturated heterocycles. The number of carbonyl (C=O) groups is 4. The summed E-state index contributed by atoms with van der Waals surface area (Å²) in [6.07, 6.45) is -4.69. The Balaban J connectivity index is 2.40. The molecule has 1 aliphatic heterocycles. The first-order valence-corrected chi connectivity index (χ1v) is 11.2. The predicted molar refractivity (Wildman–Crippen MR) is 113 cm³/mol. The van der Waals surface area contributed by atoms with Gasteiger partial charge in [-0.1, -0.05) is 0 Å². The van der Waals surface area contributed by atoms with Crippen LogP contribution in [-0.2, 0) is 38.1 Å². The number of rotatable bonds is 18. The fourth-order valence-electron chi connectivity index (χ4n) is 3.54. The van der Waals surface area contributed by atoms with Crippen molar-refractivity contribution < 1.29 is 68.8 Å². The van der Waals surface area contributed by atoms with E-state index in [-0.39, 0.29) is 39.1 Å². The molecule has 0 amide bonds. The van der Waals surface area contributed by atoms with Crippen LogP contribution in [0.4, 0.5) is 0 Å². The highest BCUT2D eigenvalue weighted by molar-refractivity contribution is 5.93. The second-order valence-electron chi connectivity index (χ2n) is 8.12. The highest BCUT2D eigenvalue weighted by Gasteiger charge is 2.45. The summed E-state index contributed by atoms with van der Waals surface area (Å²) in [4.78, 5) is 43.5. The van der Waals surface area contributed by atoms with Crippen molar-refractivity contribution in [2.24, 2.45) is 11.8 Å². The zero-order chi connectivity index (χ0) is 26.5. The average molecular weight is 510 g/mol. The van der Waals surface area contributed by atoms with E-state index in [4.69, 9.17) is 39.4 Å². The van der Waals surface area contributed by atoms with Crippen LogP contribution >= 0.6 is 0 Å². The lowest BCUT2D eigenvalue weighted by Gasteiger charge is -2.41. The van der Waals surface area contributed by atoms with E-state index in [0.717, 1.165) is 0 Å². The number of ether oxygens (including phenoxy) is 4. The number of carboxylic acids is 4. The fourth-order valence-corrected chi connectivity index (χ4v) is 3.54. The van der Waals surface area contributed by atoms with E-state index in [1.165, 1.54) is 7.11 Å². The van der Waals surface area contributed by atoms with Crippen molar-refractivity contribution in [3.63, 3.8) is 0 Å². The number of hydrogen-bond donors (Lipinski definition) is 6. The summed E-state index contributed by atoms with van der Waals surface area (Å²) in [6, 6.07) is 0. The minimum atomic E-state index is -1.51. The molecule has 35 heavy (non-hydrogen) atoms. The summed E-state index contributed by atoms with van der Waals surface area (Å²) in [5.74, 6) is -8.64. The molecule has 0 saturated carbocycles. The van der Waals surface area contributed by atoms with Gasteiger partial charge in [-0.05, 0) is 38.5 Å². The normalized spacial score (nSPS) is 24.5. The SMILES string of the molecule is CO[C@H]1O[C@H](COCCCCC(C(=O)O)C(=O)O)[C@@H](O)[C@H](O)[C@H]1OCCCCC(C(=O)O)C(=O)O. The van der Waals surface area contributed by atoms with Crippen molar-refractivity contribution in [1.29, 1.82) is 0 Å². The van der Waals surface area contributed by atoms with E-state index >= 15 is 0 Å². The summed E-state index contributed by atoms with van der Waals surface area (Å²) in [7, 11) is 1.31. The van der Waals surface area contributed by atoms with Gasteiger partial charge in [0, 0.05) is 20.3 Å². The first-order valence-electron chi connectivity index (χ1n) is 11.2. The van der Waals surface area contributed by atoms with Crippen molar-refractivity contribution in [2.75, 3.05) is 26.9 Å². The molecule has 0 aliphatic carbocycles. The van der Waals surface area contributed by atoms with Crippen LogP contribution in [0.5, 0.6) is 0 Å². The second kappa shape index (κ2) is 15.6. The van der Waals surface area contributed by atoms with Crippen molar-refractivity contribution in [3.05, 3.63) is 0 Å². The van der Waals surface area contributed by atoms with Crippen LogP contribution in [-0.4, -0.2) is 112 Å².